The summed E-state index contributed by atoms with van der Waals surface area (Å²) in [4.78, 5) is 2.28. The van der Waals surface area contributed by atoms with Gasteiger partial charge in [-0.2, -0.15) is 0 Å². The molecule has 1 aliphatic rings. The van der Waals surface area contributed by atoms with E-state index in [2.05, 4.69) is 161 Å². The van der Waals surface area contributed by atoms with Crippen LogP contribution in [0.4, 0.5) is 28.4 Å². The molecular weight excluding hydrogens is 461 g/mol. The summed E-state index contributed by atoms with van der Waals surface area (Å²) in [5.74, 6) is 0. The Labute approximate surface area is 223 Å². The lowest BCUT2D eigenvalue weighted by Gasteiger charge is -2.27. The van der Waals surface area contributed by atoms with Crippen molar-refractivity contribution >= 4 is 51.7 Å². The van der Waals surface area contributed by atoms with Crippen LogP contribution in [0.3, 0.4) is 0 Å². The Balaban J connectivity index is 1.15. The van der Waals surface area contributed by atoms with Crippen LogP contribution in [0.2, 0.25) is 0 Å². The molecule has 0 radical (unpaired) electrons. The van der Waals surface area contributed by atoms with Gasteiger partial charge in [-0.3, -0.25) is 0 Å². The predicted octanol–water partition coefficient (Wildman–Crippen LogP) is 8.21. The highest BCUT2D eigenvalue weighted by atomic mass is 15.1. The number of anilines is 5. The first-order valence-electron chi connectivity index (χ1n) is 13.0. The molecule has 6 aromatic carbocycles. The van der Waals surface area contributed by atoms with Crippen LogP contribution < -0.4 is 20.8 Å². The van der Waals surface area contributed by atoms with Gasteiger partial charge in [-0.15, -0.1) is 0 Å². The molecule has 0 amide bonds. The van der Waals surface area contributed by atoms with E-state index < -0.39 is 0 Å². The largest absolute Gasteiger partial charge is 0.406 e. The third-order valence-electron chi connectivity index (χ3n) is 7.24. The molecule has 38 heavy (non-hydrogen) atoms. The smallest absolute Gasteiger partial charge is 0.405 e. The second-order valence-corrected chi connectivity index (χ2v) is 9.61. The van der Waals surface area contributed by atoms with Gasteiger partial charge >= 0.3 is 6.98 Å². The topological polar surface area (TPSA) is 27.3 Å². The SMILES string of the molecule is c1ccc(N(c2ccccc2)c2ccc(-c3ccc(B4Nc5cccc6cccc(c56)N4)cc3)cc2)cc1. The summed E-state index contributed by atoms with van der Waals surface area (Å²) in [7, 11) is 0. The van der Waals surface area contributed by atoms with Gasteiger partial charge in [-0.25, -0.2) is 0 Å². The monoisotopic (exact) mass is 487 g/mol. The van der Waals surface area contributed by atoms with E-state index in [9.17, 15) is 0 Å². The molecule has 6 aromatic rings. The Kier molecular flexibility index (Phi) is 5.56. The Morgan fingerprint density at radius 1 is 0.421 bits per heavy atom. The van der Waals surface area contributed by atoms with E-state index in [0.717, 1.165) is 17.1 Å². The van der Waals surface area contributed by atoms with Crippen molar-refractivity contribution in [3.8, 4) is 11.1 Å². The van der Waals surface area contributed by atoms with Crippen molar-refractivity contribution in [2.24, 2.45) is 0 Å². The number of rotatable bonds is 5. The Morgan fingerprint density at radius 2 is 0.895 bits per heavy atom. The Morgan fingerprint density at radius 3 is 1.42 bits per heavy atom. The molecule has 0 saturated carbocycles. The molecule has 0 aromatic heterocycles. The number of nitrogens with zero attached hydrogens (tertiary/aromatic N) is 1. The van der Waals surface area contributed by atoms with Crippen molar-refractivity contribution in [3.63, 3.8) is 0 Å². The molecule has 0 fully saturated rings. The molecule has 0 bridgehead atoms. The normalized spacial score (nSPS) is 12.1. The molecule has 2 N–H and O–H groups in total. The first-order chi connectivity index (χ1) is 18.8. The van der Waals surface area contributed by atoms with Gasteiger partial charge in [0.25, 0.3) is 0 Å². The third-order valence-corrected chi connectivity index (χ3v) is 7.24. The van der Waals surface area contributed by atoms with Crippen LogP contribution in [-0.4, -0.2) is 6.98 Å². The summed E-state index contributed by atoms with van der Waals surface area (Å²) in [5, 5.41) is 9.84. The highest BCUT2D eigenvalue weighted by Gasteiger charge is 2.25. The van der Waals surface area contributed by atoms with Gasteiger partial charge in [0.2, 0.25) is 0 Å². The van der Waals surface area contributed by atoms with Crippen molar-refractivity contribution < 1.29 is 0 Å². The summed E-state index contributed by atoms with van der Waals surface area (Å²) in [6, 6.07) is 51.5. The van der Waals surface area contributed by atoms with Gasteiger partial charge in [0.1, 0.15) is 0 Å². The molecule has 3 nitrogen and oxygen atoms in total. The minimum absolute atomic E-state index is 0.0252. The first kappa shape index (κ1) is 22.3. The molecule has 7 rings (SSSR count). The second-order valence-electron chi connectivity index (χ2n) is 9.61. The highest BCUT2D eigenvalue weighted by molar-refractivity contribution is 6.80. The summed E-state index contributed by atoms with van der Waals surface area (Å²) in [6.45, 7) is 0.0252. The fraction of sp³-hybridized carbons (Fsp3) is 0. The van der Waals surface area contributed by atoms with Gasteiger partial charge in [0.05, 0.1) is 0 Å². The van der Waals surface area contributed by atoms with Gasteiger partial charge in [-0.05, 0) is 70.5 Å². The number of nitrogens with one attached hydrogen (secondary N) is 2. The number of hydrogen-bond donors (Lipinski definition) is 2. The zero-order valence-electron chi connectivity index (χ0n) is 20.9. The molecule has 0 saturated heterocycles. The fourth-order valence-corrected chi connectivity index (χ4v) is 5.37. The predicted molar refractivity (Wildman–Crippen MR) is 163 cm³/mol. The van der Waals surface area contributed by atoms with Crippen LogP contribution in [-0.2, 0) is 0 Å². The second kappa shape index (κ2) is 9.49. The lowest BCUT2D eigenvalue weighted by molar-refractivity contribution is 1.28. The first-order valence-corrected chi connectivity index (χ1v) is 13.0. The van der Waals surface area contributed by atoms with Gasteiger partial charge in [0, 0.05) is 33.8 Å². The van der Waals surface area contributed by atoms with Crippen molar-refractivity contribution in [1.82, 2.24) is 0 Å². The minimum atomic E-state index is 0.0252. The van der Waals surface area contributed by atoms with Crippen LogP contribution in [0.5, 0.6) is 0 Å². The van der Waals surface area contributed by atoms with Crippen LogP contribution in [0.25, 0.3) is 21.9 Å². The third kappa shape index (κ3) is 4.06. The molecule has 180 valence electrons. The van der Waals surface area contributed by atoms with Crippen molar-refractivity contribution in [1.29, 1.82) is 0 Å². The molecular formula is C34H26BN3. The summed E-state index contributed by atoms with van der Waals surface area (Å²) in [6.07, 6.45) is 0. The summed E-state index contributed by atoms with van der Waals surface area (Å²) in [5.41, 5.74) is 9.35. The maximum absolute atomic E-state index is 3.67. The van der Waals surface area contributed by atoms with E-state index in [1.807, 2.05) is 0 Å². The summed E-state index contributed by atoms with van der Waals surface area (Å²) < 4.78 is 0. The van der Waals surface area contributed by atoms with E-state index in [1.54, 1.807) is 0 Å². The van der Waals surface area contributed by atoms with Crippen molar-refractivity contribution in [2.45, 2.75) is 0 Å². The van der Waals surface area contributed by atoms with Crippen molar-refractivity contribution in [3.05, 3.63) is 146 Å². The van der Waals surface area contributed by atoms with Crippen LogP contribution >= 0.6 is 0 Å². The Bertz CT molecular complexity index is 1620. The van der Waals surface area contributed by atoms with Gasteiger partial charge in [0.15, 0.2) is 0 Å². The van der Waals surface area contributed by atoms with E-state index >= 15 is 0 Å². The zero-order valence-corrected chi connectivity index (χ0v) is 20.9. The molecule has 0 aliphatic carbocycles. The van der Waals surface area contributed by atoms with E-state index in [0.29, 0.717) is 0 Å². The van der Waals surface area contributed by atoms with E-state index in [4.69, 9.17) is 0 Å². The van der Waals surface area contributed by atoms with E-state index in [1.165, 1.54) is 38.7 Å². The Hall–Kier alpha value is -4.96. The maximum atomic E-state index is 3.67. The van der Waals surface area contributed by atoms with Crippen LogP contribution in [0.15, 0.2) is 146 Å². The standard InChI is InChI=1S/C34H26BN3/c1-3-11-29(12-4-1)38(30-13-5-2-6-14-30)31-23-19-26(20-24-31)25-17-21-28(22-18-25)35-36-32-15-7-9-27-10-8-16-33(37-35)34(27)32/h1-24,36-37H. The molecule has 0 unspecified atom stereocenters. The van der Waals surface area contributed by atoms with Crippen molar-refractivity contribution in [2.75, 3.05) is 15.4 Å². The molecule has 0 spiro atoms. The number of para-hydroxylation sites is 2. The average Bonchev–Trinajstić information content (AvgIpc) is 2.99. The minimum Gasteiger partial charge on any atom is -0.405 e. The highest BCUT2D eigenvalue weighted by Crippen LogP contribution is 2.36. The quantitative estimate of drug-likeness (QED) is 0.240. The lowest BCUT2D eigenvalue weighted by atomic mass is 9.66. The maximum Gasteiger partial charge on any atom is 0.406 e. The summed E-state index contributed by atoms with van der Waals surface area (Å²) >= 11 is 0. The molecule has 4 heteroatoms. The molecule has 1 heterocycles. The molecule has 0 atom stereocenters. The average molecular weight is 487 g/mol. The fourth-order valence-electron chi connectivity index (χ4n) is 5.37. The van der Waals surface area contributed by atoms with Gasteiger partial charge in [-0.1, -0.05) is 97.1 Å². The van der Waals surface area contributed by atoms with Crippen LogP contribution in [0.1, 0.15) is 0 Å². The van der Waals surface area contributed by atoms with E-state index in [-0.39, 0.29) is 6.98 Å². The van der Waals surface area contributed by atoms with Crippen LogP contribution in [0, 0.1) is 0 Å². The van der Waals surface area contributed by atoms with Gasteiger partial charge < -0.3 is 15.4 Å². The zero-order chi connectivity index (χ0) is 25.3. The lowest BCUT2D eigenvalue weighted by Crippen LogP contribution is -2.47. The number of hydrogen-bond acceptors (Lipinski definition) is 3. The number of benzene rings is 6. The molecule has 1 aliphatic heterocycles.